The van der Waals surface area contributed by atoms with Gasteiger partial charge in [-0.2, -0.15) is 0 Å². The first-order chi connectivity index (χ1) is 12.0. The van der Waals surface area contributed by atoms with E-state index >= 15 is 0 Å². The number of halogens is 2. The van der Waals surface area contributed by atoms with E-state index in [9.17, 15) is 8.78 Å². The molecule has 7 heteroatoms. The molecular formula is C18H29F2N5. The number of benzene rings is 1. The molecule has 2 rings (SSSR count). The van der Waals surface area contributed by atoms with Crippen LogP contribution < -0.4 is 10.6 Å². The normalized spacial score (nSPS) is 18.2. The molecule has 1 aliphatic rings. The topological polar surface area (TPSA) is 42.9 Å². The highest BCUT2D eigenvalue weighted by atomic mass is 19.1. The molecule has 140 valence electrons. The summed E-state index contributed by atoms with van der Waals surface area (Å²) < 4.78 is 27.0. The van der Waals surface area contributed by atoms with Gasteiger partial charge in [0.05, 0.1) is 6.54 Å². The van der Waals surface area contributed by atoms with Gasteiger partial charge in [-0.15, -0.1) is 0 Å². The molecule has 0 spiro atoms. The lowest BCUT2D eigenvalue weighted by molar-refractivity contribution is 0.120. The molecule has 0 aromatic heterocycles. The molecule has 1 fully saturated rings. The summed E-state index contributed by atoms with van der Waals surface area (Å²) in [5, 5.41) is 6.45. The van der Waals surface area contributed by atoms with E-state index in [1.807, 2.05) is 6.92 Å². The average Bonchev–Trinajstić information content (AvgIpc) is 2.60. The van der Waals surface area contributed by atoms with Gasteiger partial charge in [-0.3, -0.25) is 4.90 Å². The second kappa shape index (κ2) is 9.68. The second-order valence-corrected chi connectivity index (χ2v) is 6.50. The SMILES string of the molecule is CCNC(=NCc1cc(F)ccc1F)NCC(C)N1CCN(C)CC1. The molecule has 25 heavy (non-hydrogen) atoms. The van der Waals surface area contributed by atoms with Gasteiger partial charge < -0.3 is 15.5 Å². The van der Waals surface area contributed by atoms with Gasteiger partial charge in [-0.1, -0.05) is 0 Å². The van der Waals surface area contributed by atoms with E-state index in [1.54, 1.807) is 0 Å². The number of nitrogens with zero attached hydrogens (tertiary/aromatic N) is 3. The summed E-state index contributed by atoms with van der Waals surface area (Å²) in [5.74, 6) is -0.271. The van der Waals surface area contributed by atoms with Crippen LogP contribution in [0, 0.1) is 11.6 Å². The van der Waals surface area contributed by atoms with E-state index in [-0.39, 0.29) is 12.1 Å². The van der Waals surface area contributed by atoms with E-state index < -0.39 is 11.6 Å². The maximum Gasteiger partial charge on any atom is 0.191 e. The largest absolute Gasteiger partial charge is 0.357 e. The van der Waals surface area contributed by atoms with Crippen molar-refractivity contribution in [3.8, 4) is 0 Å². The fraction of sp³-hybridized carbons (Fsp3) is 0.611. The first-order valence-electron chi connectivity index (χ1n) is 8.88. The van der Waals surface area contributed by atoms with E-state index in [4.69, 9.17) is 0 Å². The maximum atomic E-state index is 13.7. The third kappa shape index (κ3) is 6.25. The highest BCUT2D eigenvalue weighted by Gasteiger charge is 2.19. The average molecular weight is 353 g/mol. The molecule has 0 bridgehead atoms. The number of aliphatic imine (C=N–C) groups is 1. The van der Waals surface area contributed by atoms with Crippen LogP contribution in [0.3, 0.4) is 0 Å². The maximum absolute atomic E-state index is 13.7. The second-order valence-electron chi connectivity index (χ2n) is 6.50. The number of hydrogen-bond donors (Lipinski definition) is 2. The molecule has 1 heterocycles. The van der Waals surface area contributed by atoms with Crippen LogP contribution in [-0.4, -0.2) is 68.1 Å². The minimum atomic E-state index is -0.451. The molecular weight excluding hydrogens is 324 g/mol. The van der Waals surface area contributed by atoms with Crippen molar-refractivity contribution < 1.29 is 8.78 Å². The number of likely N-dealkylation sites (N-methyl/N-ethyl adjacent to an activating group) is 1. The molecule has 1 atom stereocenters. The Morgan fingerprint density at radius 3 is 2.60 bits per heavy atom. The molecule has 0 aliphatic carbocycles. The van der Waals surface area contributed by atoms with Gasteiger partial charge in [0.25, 0.3) is 0 Å². The van der Waals surface area contributed by atoms with Crippen LogP contribution in [0.15, 0.2) is 23.2 Å². The van der Waals surface area contributed by atoms with Crippen LogP contribution in [0.2, 0.25) is 0 Å². The Morgan fingerprint density at radius 2 is 1.92 bits per heavy atom. The zero-order valence-electron chi connectivity index (χ0n) is 15.4. The van der Waals surface area contributed by atoms with Gasteiger partial charge in [-0.25, -0.2) is 13.8 Å². The molecule has 1 aromatic rings. The lowest BCUT2D eigenvalue weighted by atomic mass is 10.2. The van der Waals surface area contributed by atoms with Gasteiger partial charge in [0.15, 0.2) is 5.96 Å². The van der Waals surface area contributed by atoms with Gasteiger partial charge >= 0.3 is 0 Å². The van der Waals surface area contributed by atoms with Gasteiger partial charge in [-0.05, 0) is 39.1 Å². The van der Waals surface area contributed by atoms with Crippen LogP contribution in [0.1, 0.15) is 19.4 Å². The van der Waals surface area contributed by atoms with Crippen molar-refractivity contribution in [2.45, 2.75) is 26.4 Å². The summed E-state index contributed by atoms with van der Waals surface area (Å²) in [4.78, 5) is 9.15. The fourth-order valence-electron chi connectivity index (χ4n) is 2.81. The number of rotatable bonds is 6. The van der Waals surface area contributed by atoms with Crippen LogP contribution in [0.25, 0.3) is 0 Å². The van der Waals surface area contributed by atoms with Crippen molar-refractivity contribution in [3.63, 3.8) is 0 Å². The van der Waals surface area contributed by atoms with Crippen molar-refractivity contribution in [2.75, 3.05) is 46.3 Å². The van der Waals surface area contributed by atoms with Crippen LogP contribution in [0.4, 0.5) is 8.78 Å². The summed E-state index contributed by atoms with van der Waals surface area (Å²) in [6, 6.07) is 3.82. The van der Waals surface area contributed by atoms with Crippen molar-refractivity contribution in [1.82, 2.24) is 20.4 Å². The third-order valence-corrected chi connectivity index (χ3v) is 4.49. The molecule has 1 saturated heterocycles. The fourth-order valence-corrected chi connectivity index (χ4v) is 2.81. The van der Waals surface area contributed by atoms with E-state index in [0.717, 1.165) is 44.9 Å². The van der Waals surface area contributed by atoms with Crippen molar-refractivity contribution in [1.29, 1.82) is 0 Å². The molecule has 5 nitrogen and oxygen atoms in total. The minimum absolute atomic E-state index is 0.0990. The van der Waals surface area contributed by atoms with Crippen molar-refractivity contribution in [2.24, 2.45) is 4.99 Å². The summed E-state index contributed by atoms with van der Waals surface area (Å²) >= 11 is 0. The molecule has 1 aromatic carbocycles. The van der Waals surface area contributed by atoms with Crippen LogP contribution in [0.5, 0.6) is 0 Å². The third-order valence-electron chi connectivity index (χ3n) is 4.49. The Labute approximate surface area is 149 Å². The summed E-state index contributed by atoms with van der Waals surface area (Å²) in [5.41, 5.74) is 0.254. The molecule has 0 amide bonds. The molecule has 1 aliphatic heterocycles. The Balaban J connectivity index is 1.90. The molecule has 0 saturated carbocycles. The molecule has 1 unspecified atom stereocenters. The number of hydrogen-bond acceptors (Lipinski definition) is 3. The first-order valence-corrected chi connectivity index (χ1v) is 8.88. The highest BCUT2D eigenvalue weighted by molar-refractivity contribution is 5.79. The zero-order valence-corrected chi connectivity index (χ0v) is 15.4. The number of piperazine rings is 1. The summed E-state index contributed by atoms with van der Waals surface area (Å²) in [6.45, 7) is 10.00. The Morgan fingerprint density at radius 1 is 1.20 bits per heavy atom. The Bertz CT molecular complexity index is 571. The summed E-state index contributed by atoms with van der Waals surface area (Å²) in [6.07, 6.45) is 0. The lowest BCUT2D eigenvalue weighted by Crippen LogP contribution is -2.52. The van der Waals surface area contributed by atoms with E-state index in [1.165, 1.54) is 6.07 Å². The van der Waals surface area contributed by atoms with Crippen molar-refractivity contribution in [3.05, 3.63) is 35.4 Å². The predicted molar refractivity (Wildman–Crippen MR) is 97.7 cm³/mol. The molecule has 0 radical (unpaired) electrons. The number of guanidine groups is 1. The van der Waals surface area contributed by atoms with Crippen LogP contribution in [-0.2, 0) is 6.54 Å². The standard InChI is InChI=1S/C18H29F2N5/c1-4-21-18(23-13-15-11-16(19)5-6-17(15)20)22-12-14(2)25-9-7-24(3)8-10-25/h5-6,11,14H,4,7-10,12-13H2,1-3H3,(H2,21,22,23). The van der Waals surface area contributed by atoms with E-state index in [2.05, 4.69) is 39.4 Å². The Kier molecular flexibility index (Phi) is 7.58. The summed E-state index contributed by atoms with van der Waals surface area (Å²) in [7, 11) is 2.14. The quantitative estimate of drug-likeness (QED) is 0.603. The minimum Gasteiger partial charge on any atom is -0.357 e. The van der Waals surface area contributed by atoms with Crippen molar-refractivity contribution >= 4 is 5.96 Å². The van der Waals surface area contributed by atoms with Gasteiger partial charge in [0, 0.05) is 50.9 Å². The highest BCUT2D eigenvalue weighted by Crippen LogP contribution is 2.10. The van der Waals surface area contributed by atoms with Gasteiger partial charge in [0.2, 0.25) is 0 Å². The lowest BCUT2D eigenvalue weighted by Gasteiger charge is -2.36. The Hall–Kier alpha value is -1.73. The monoisotopic (exact) mass is 353 g/mol. The first kappa shape index (κ1) is 19.6. The smallest absolute Gasteiger partial charge is 0.191 e. The number of nitrogens with one attached hydrogen (secondary N) is 2. The predicted octanol–water partition coefficient (Wildman–Crippen LogP) is 1.66. The zero-order chi connectivity index (χ0) is 18.2. The van der Waals surface area contributed by atoms with Crippen LogP contribution >= 0.6 is 0 Å². The van der Waals surface area contributed by atoms with E-state index in [0.29, 0.717) is 18.5 Å². The van der Waals surface area contributed by atoms with Gasteiger partial charge in [0.1, 0.15) is 11.6 Å². The molecule has 2 N–H and O–H groups in total.